The van der Waals surface area contributed by atoms with Gasteiger partial charge in [-0.25, -0.2) is 13.4 Å². The molecule has 0 saturated heterocycles. The maximum Gasteiger partial charge on any atom is 0.245 e. The third-order valence-electron chi connectivity index (χ3n) is 4.57. The van der Waals surface area contributed by atoms with Crippen LogP contribution in [0.4, 0.5) is 5.69 Å². The molecule has 1 N–H and O–H groups in total. The van der Waals surface area contributed by atoms with Crippen molar-refractivity contribution in [1.82, 2.24) is 9.29 Å². The number of para-hydroxylation sites is 1. The van der Waals surface area contributed by atoms with Crippen molar-refractivity contribution in [2.24, 2.45) is 0 Å². The first-order valence-corrected chi connectivity index (χ1v) is 11.2. The number of anilines is 1. The van der Waals surface area contributed by atoms with E-state index < -0.39 is 15.9 Å². The number of pyridine rings is 1. The van der Waals surface area contributed by atoms with Crippen molar-refractivity contribution in [2.45, 2.75) is 31.7 Å². The zero-order chi connectivity index (χ0) is 21.7. The van der Waals surface area contributed by atoms with Crippen LogP contribution in [0.25, 0.3) is 0 Å². The molecule has 0 fully saturated rings. The van der Waals surface area contributed by atoms with Gasteiger partial charge in [-0.3, -0.25) is 4.79 Å². The van der Waals surface area contributed by atoms with Gasteiger partial charge in [0.25, 0.3) is 0 Å². The molecule has 3 aromatic rings. The number of hydrogen-bond acceptors (Lipinski definition) is 5. The van der Waals surface area contributed by atoms with E-state index in [2.05, 4.69) is 10.3 Å². The van der Waals surface area contributed by atoms with Crippen molar-refractivity contribution in [3.63, 3.8) is 0 Å². The Morgan fingerprint density at radius 2 is 2.00 bits per heavy atom. The van der Waals surface area contributed by atoms with Crippen LogP contribution in [-0.4, -0.2) is 30.2 Å². The molecular formula is C21H22ClN3O4S. The second-order valence-corrected chi connectivity index (χ2v) is 9.01. The van der Waals surface area contributed by atoms with Crippen molar-refractivity contribution in [3.8, 4) is 0 Å². The van der Waals surface area contributed by atoms with Gasteiger partial charge in [-0.2, -0.15) is 4.31 Å². The largest absolute Gasteiger partial charge is 0.468 e. The highest BCUT2D eigenvalue weighted by Crippen LogP contribution is 2.23. The fourth-order valence-corrected chi connectivity index (χ4v) is 4.43. The molecule has 1 amide bonds. The minimum absolute atomic E-state index is 0.0589. The van der Waals surface area contributed by atoms with E-state index in [1.807, 2.05) is 32.0 Å². The summed E-state index contributed by atoms with van der Waals surface area (Å²) in [6.45, 7) is 3.40. The third kappa shape index (κ3) is 5.08. The van der Waals surface area contributed by atoms with E-state index >= 15 is 0 Å². The van der Waals surface area contributed by atoms with Gasteiger partial charge in [0, 0.05) is 11.9 Å². The predicted octanol–water partition coefficient (Wildman–Crippen LogP) is 4.03. The standard InChI is InChI=1S/C21H22ClN3O4S/c1-3-16-7-4-6-15(2)21(16)24-20(26)14-25(13-17-8-5-11-29-17)30(27,28)18-9-10-19(22)23-12-18/h4-12H,3,13-14H2,1-2H3,(H,24,26). The van der Waals surface area contributed by atoms with Crippen molar-refractivity contribution >= 4 is 33.2 Å². The molecule has 0 aliphatic rings. The molecule has 2 aromatic heterocycles. The average Bonchev–Trinajstić information content (AvgIpc) is 3.22. The first kappa shape index (κ1) is 22.0. The monoisotopic (exact) mass is 447 g/mol. The number of sulfonamides is 1. The lowest BCUT2D eigenvalue weighted by Crippen LogP contribution is -2.37. The molecule has 0 radical (unpaired) electrons. The molecule has 30 heavy (non-hydrogen) atoms. The zero-order valence-electron chi connectivity index (χ0n) is 16.6. The van der Waals surface area contributed by atoms with Crippen LogP contribution < -0.4 is 5.32 Å². The Kier molecular flexibility index (Phi) is 6.91. The van der Waals surface area contributed by atoms with Crippen LogP contribution in [0.5, 0.6) is 0 Å². The van der Waals surface area contributed by atoms with Crippen LogP contribution >= 0.6 is 11.6 Å². The minimum Gasteiger partial charge on any atom is -0.468 e. The van der Waals surface area contributed by atoms with Crippen molar-refractivity contribution in [1.29, 1.82) is 0 Å². The quantitative estimate of drug-likeness (QED) is 0.526. The Morgan fingerprint density at radius 1 is 1.20 bits per heavy atom. The molecule has 0 bridgehead atoms. The Bertz CT molecular complexity index is 1110. The molecule has 0 saturated carbocycles. The predicted molar refractivity (Wildman–Crippen MR) is 115 cm³/mol. The maximum absolute atomic E-state index is 13.2. The highest BCUT2D eigenvalue weighted by atomic mass is 35.5. The van der Waals surface area contributed by atoms with Gasteiger partial charge in [0.15, 0.2) is 0 Å². The number of furan rings is 1. The molecule has 3 rings (SSSR count). The van der Waals surface area contributed by atoms with Gasteiger partial charge in [0.1, 0.15) is 15.8 Å². The van der Waals surface area contributed by atoms with Crippen LogP contribution in [0.2, 0.25) is 5.15 Å². The number of halogens is 1. The van der Waals surface area contributed by atoms with Gasteiger partial charge < -0.3 is 9.73 Å². The lowest BCUT2D eigenvalue weighted by atomic mass is 10.1. The second kappa shape index (κ2) is 9.42. The highest BCUT2D eigenvalue weighted by Gasteiger charge is 2.28. The van der Waals surface area contributed by atoms with Crippen LogP contribution in [-0.2, 0) is 27.8 Å². The highest BCUT2D eigenvalue weighted by molar-refractivity contribution is 7.89. The Morgan fingerprint density at radius 3 is 2.63 bits per heavy atom. The SMILES string of the molecule is CCc1cccc(C)c1NC(=O)CN(Cc1ccco1)S(=O)(=O)c1ccc(Cl)nc1. The molecule has 158 valence electrons. The van der Waals surface area contributed by atoms with Crippen molar-refractivity contribution < 1.29 is 17.6 Å². The van der Waals surface area contributed by atoms with E-state index in [1.165, 1.54) is 24.6 Å². The molecule has 0 aliphatic heterocycles. The van der Waals surface area contributed by atoms with Gasteiger partial charge in [-0.1, -0.05) is 36.7 Å². The fraction of sp³-hybridized carbons (Fsp3) is 0.238. The summed E-state index contributed by atoms with van der Waals surface area (Å²) in [5.41, 5.74) is 2.59. The summed E-state index contributed by atoms with van der Waals surface area (Å²) in [5.74, 6) is -0.0329. The van der Waals surface area contributed by atoms with Gasteiger partial charge >= 0.3 is 0 Å². The molecule has 9 heteroatoms. The number of rotatable bonds is 8. The van der Waals surface area contributed by atoms with E-state index in [1.54, 1.807) is 12.1 Å². The van der Waals surface area contributed by atoms with E-state index in [9.17, 15) is 13.2 Å². The third-order valence-corrected chi connectivity index (χ3v) is 6.57. The maximum atomic E-state index is 13.2. The number of benzene rings is 1. The number of nitrogens with zero attached hydrogens (tertiary/aromatic N) is 2. The van der Waals surface area contributed by atoms with E-state index in [0.717, 1.165) is 21.9 Å². The minimum atomic E-state index is -4.02. The van der Waals surface area contributed by atoms with Gasteiger partial charge in [-0.15, -0.1) is 0 Å². The summed E-state index contributed by atoms with van der Waals surface area (Å²) in [6.07, 6.45) is 3.36. The summed E-state index contributed by atoms with van der Waals surface area (Å²) in [4.78, 5) is 16.6. The molecule has 0 spiro atoms. The number of hydrogen-bond donors (Lipinski definition) is 1. The first-order chi connectivity index (χ1) is 14.3. The molecular weight excluding hydrogens is 426 g/mol. The summed E-state index contributed by atoms with van der Waals surface area (Å²) in [7, 11) is -4.02. The Labute approximate surface area is 180 Å². The Hall–Kier alpha value is -2.68. The van der Waals surface area contributed by atoms with Gasteiger partial charge in [0.2, 0.25) is 15.9 Å². The Balaban J connectivity index is 1.88. The van der Waals surface area contributed by atoms with E-state index in [0.29, 0.717) is 11.4 Å². The summed E-state index contributed by atoms with van der Waals surface area (Å²) in [6, 6.07) is 11.8. The number of aryl methyl sites for hydroxylation is 2. The molecule has 0 aliphatic carbocycles. The normalized spacial score (nSPS) is 11.6. The lowest BCUT2D eigenvalue weighted by molar-refractivity contribution is -0.116. The van der Waals surface area contributed by atoms with Crippen LogP contribution in [0.15, 0.2) is 64.2 Å². The average molecular weight is 448 g/mol. The molecule has 2 heterocycles. The van der Waals surface area contributed by atoms with Crippen molar-refractivity contribution in [2.75, 3.05) is 11.9 Å². The number of carbonyl (C=O) groups excluding carboxylic acids is 1. The molecule has 0 atom stereocenters. The smallest absolute Gasteiger partial charge is 0.245 e. The van der Waals surface area contributed by atoms with E-state index in [-0.39, 0.29) is 23.1 Å². The molecule has 1 aromatic carbocycles. The lowest BCUT2D eigenvalue weighted by Gasteiger charge is -2.21. The van der Waals surface area contributed by atoms with Gasteiger partial charge in [-0.05, 0) is 48.7 Å². The number of carbonyl (C=O) groups is 1. The first-order valence-electron chi connectivity index (χ1n) is 9.33. The van der Waals surface area contributed by atoms with Crippen molar-refractivity contribution in [3.05, 3.63) is 77.0 Å². The fourth-order valence-electron chi connectivity index (χ4n) is 3.01. The summed E-state index contributed by atoms with van der Waals surface area (Å²) < 4.78 is 32.7. The van der Waals surface area contributed by atoms with Gasteiger partial charge in [0.05, 0.1) is 19.4 Å². The summed E-state index contributed by atoms with van der Waals surface area (Å²) in [5, 5.41) is 3.04. The molecule has 0 unspecified atom stereocenters. The van der Waals surface area contributed by atoms with Crippen LogP contribution in [0.3, 0.4) is 0 Å². The van der Waals surface area contributed by atoms with Crippen LogP contribution in [0.1, 0.15) is 23.8 Å². The number of nitrogens with one attached hydrogen (secondary N) is 1. The second-order valence-electron chi connectivity index (χ2n) is 6.68. The van der Waals surface area contributed by atoms with E-state index in [4.69, 9.17) is 16.0 Å². The number of aromatic nitrogens is 1. The number of amides is 1. The topological polar surface area (TPSA) is 92.5 Å². The molecule has 7 nitrogen and oxygen atoms in total. The summed E-state index contributed by atoms with van der Waals surface area (Å²) >= 11 is 5.78. The van der Waals surface area contributed by atoms with Crippen LogP contribution in [0, 0.1) is 6.92 Å². The zero-order valence-corrected chi connectivity index (χ0v) is 18.2.